The zero-order chi connectivity index (χ0) is 22.1. The number of ether oxygens (including phenoxy) is 1. The SMILES string of the molecule is CC(Oc1cccc(Cl)c1Cl)C(=O)N1CCN(S(=O)(=O)c2ccc(F)c(F)c2)CC1. The largest absolute Gasteiger partial charge is 0.479 e. The molecule has 0 saturated carbocycles. The molecule has 2 aromatic rings. The van der Waals surface area contributed by atoms with Crippen LogP contribution in [0.5, 0.6) is 5.75 Å². The second-order valence-electron chi connectivity index (χ2n) is 6.62. The number of nitrogens with zero attached hydrogens (tertiary/aromatic N) is 2. The van der Waals surface area contributed by atoms with Gasteiger partial charge in [0.2, 0.25) is 10.0 Å². The maximum absolute atomic E-state index is 13.4. The van der Waals surface area contributed by atoms with Crippen molar-refractivity contribution >= 4 is 39.1 Å². The lowest BCUT2D eigenvalue weighted by Crippen LogP contribution is -2.53. The van der Waals surface area contributed by atoms with Crippen molar-refractivity contribution in [1.82, 2.24) is 9.21 Å². The number of sulfonamides is 1. The van der Waals surface area contributed by atoms with E-state index in [4.69, 9.17) is 27.9 Å². The van der Waals surface area contributed by atoms with Crippen LogP contribution in [0, 0.1) is 11.6 Å². The molecule has 6 nitrogen and oxygen atoms in total. The van der Waals surface area contributed by atoms with E-state index in [1.807, 2.05) is 0 Å². The van der Waals surface area contributed by atoms with Gasteiger partial charge in [-0.3, -0.25) is 4.79 Å². The van der Waals surface area contributed by atoms with Gasteiger partial charge in [0.15, 0.2) is 17.7 Å². The van der Waals surface area contributed by atoms with E-state index in [-0.39, 0.29) is 47.8 Å². The first kappa shape index (κ1) is 22.7. The highest BCUT2D eigenvalue weighted by Crippen LogP contribution is 2.32. The van der Waals surface area contributed by atoms with E-state index in [0.29, 0.717) is 11.1 Å². The van der Waals surface area contributed by atoms with Crippen LogP contribution >= 0.6 is 23.2 Å². The molecular weight excluding hydrogens is 461 g/mol. The number of benzene rings is 2. The smallest absolute Gasteiger partial charge is 0.263 e. The molecule has 1 atom stereocenters. The molecular formula is C19H18Cl2F2N2O4S. The predicted octanol–water partition coefficient (Wildman–Crippen LogP) is 3.57. The maximum atomic E-state index is 13.4. The Morgan fingerprint density at radius 3 is 2.37 bits per heavy atom. The highest BCUT2D eigenvalue weighted by atomic mass is 35.5. The first-order valence-corrected chi connectivity index (χ1v) is 11.2. The monoisotopic (exact) mass is 478 g/mol. The summed E-state index contributed by atoms with van der Waals surface area (Å²) in [6, 6.07) is 7.24. The number of carbonyl (C=O) groups excluding carboxylic acids is 1. The minimum absolute atomic E-state index is 0.0116. The molecule has 1 amide bonds. The number of carbonyl (C=O) groups is 1. The Bertz CT molecular complexity index is 1060. The maximum Gasteiger partial charge on any atom is 0.263 e. The Kier molecular flexibility index (Phi) is 6.86. The fraction of sp³-hybridized carbons (Fsp3) is 0.316. The standard InChI is InChI=1S/C19H18Cl2F2N2O4S/c1-12(29-17-4-2-3-14(20)18(17)21)19(26)24-7-9-25(10-8-24)30(27,28)13-5-6-15(22)16(23)11-13/h2-6,11-12H,7-10H2,1H3. The van der Waals surface area contributed by atoms with Gasteiger partial charge in [0.1, 0.15) is 10.8 Å². The predicted molar refractivity (Wildman–Crippen MR) is 108 cm³/mol. The van der Waals surface area contributed by atoms with Crippen molar-refractivity contribution in [2.75, 3.05) is 26.2 Å². The van der Waals surface area contributed by atoms with Gasteiger partial charge >= 0.3 is 0 Å². The van der Waals surface area contributed by atoms with E-state index in [1.165, 1.54) is 4.90 Å². The van der Waals surface area contributed by atoms with Crippen molar-refractivity contribution < 1.29 is 26.7 Å². The minimum atomic E-state index is -4.00. The minimum Gasteiger partial charge on any atom is -0.479 e. The van der Waals surface area contributed by atoms with E-state index in [2.05, 4.69) is 0 Å². The molecule has 0 aromatic heterocycles. The van der Waals surface area contributed by atoms with Crippen LogP contribution in [0.2, 0.25) is 10.0 Å². The van der Waals surface area contributed by atoms with Crippen LogP contribution in [0.25, 0.3) is 0 Å². The van der Waals surface area contributed by atoms with Crippen LogP contribution in [-0.4, -0.2) is 55.8 Å². The van der Waals surface area contributed by atoms with Crippen molar-refractivity contribution in [2.45, 2.75) is 17.9 Å². The third kappa shape index (κ3) is 4.69. The molecule has 0 radical (unpaired) electrons. The average molecular weight is 479 g/mol. The van der Waals surface area contributed by atoms with Crippen LogP contribution in [0.15, 0.2) is 41.3 Å². The Labute approximate surface area is 183 Å². The zero-order valence-corrected chi connectivity index (χ0v) is 18.1. The van der Waals surface area contributed by atoms with Gasteiger partial charge < -0.3 is 9.64 Å². The van der Waals surface area contributed by atoms with Gasteiger partial charge in [-0.1, -0.05) is 29.3 Å². The summed E-state index contributed by atoms with van der Waals surface area (Å²) in [6.07, 6.45) is -0.865. The van der Waals surface area contributed by atoms with E-state index < -0.39 is 27.8 Å². The van der Waals surface area contributed by atoms with Gasteiger partial charge in [-0.05, 0) is 37.3 Å². The molecule has 11 heteroatoms. The summed E-state index contributed by atoms with van der Waals surface area (Å²) in [5, 5.41) is 0.492. The summed E-state index contributed by atoms with van der Waals surface area (Å²) in [4.78, 5) is 13.8. The lowest BCUT2D eigenvalue weighted by molar-refractivity contribution is -0.139. The van der Waals surface area contributed by atoms with Crippen molar-refractivity contribution in [1.29, 1.82) is 0 Å². The third-order valence-corrected chi connectivity index (χ3v) is 7.34. The quantitative estimate of drug-likeness (QED) is 0.658. The normalized spacial score (nSPS) is 16.4. The van der Waals surface area contributed by atoms with Gasteiger partial charge in [-0.2, -0.15) is 4.31 Å². The van der Waals surface area contributed by atoms with Crippen molar-refractivity contribution in [3.05, 3.63) is 58.1 Å². The summed E-state index contributed by atoms with van der Waals surface area (Å²) < 4.78 is 58.6. The lowest BCUT2D eigenvalue weighted by atomic mass is 10.2. The first-order valence-electron chi connectivity index (χ1n) is 8.96. The molecule has 30 heavy (non-hydrogen) atoms. The number of piperazine rings is 1. The number of amides is 1. The number of halogens is 4. The summed E-state index contributed by atoms with van der Waals surface area (Å²) in [7, 11) is -4.00. The first-order chi connectivity index (χ1) is 14.1. The highest BCUT2D eigenvalue weighted by molar-refractivity contribution is 7.89. The molecule has 1 aliphatic heterocycles. The van der Waals surface area contributed by atoms with Gasteiger partial charge in [-0.25, -0.2) is 17.2 Å². The number of hydrogen-bond donors (Lipinski definition) is 0. The number of rotatable bonds is 5. The second-order valence-corrected chi connectivity index (χ2v) is 9.34. The van der Waals surface area contributed by atoms with Crippen LogP contribution in [-0.2, 0) is 14.8 Å². The average Bonchev–Trinajstić information content (AvgIpc) is 2.72. The Morgan fingerprint density at radius 1 is 1.07 bits per heavy atom. The fourth-order valence-electron chi connectivity index (χ4n) is 3.01. The van der Waals surface area contributed by atoms with Crippen molar-refractivity contribution in [3.8, 4) is 5.75 Å². The zero-order valence-electron chi connectivity index (χ0n) is 15.8. The van der Waals surface area contributed by atoms with Crippen LogP contribution in [0.4, 0.5) is 8.78 Å². The molecule has 1 fully saturated rings. The summed E-state index contributed by atoms with van der Waals surface area (Å²) in [5.41, 5.74) is 0. The van der Waals surface area contributed by atoms with Gasteiger partial charge in [0.05, 0.1) is 9.92 Å². The molecule has 1 aliphatic rings. The third-order valence-electron chi connectivity index (χ3n) is 4.65. The Balaban J connectivity index is 1.63. The molecule has 1 unspecified atom stereocenters. The molecule has 0 aliphatic carbocycles. The molecule has 3 rings (SSSR count). The Morgan fingerprint density at radius 2 is 1.73 bits per heavy atom. The highest BCUT2D eigenvalue weighted by Gasteiger charge is 2.32. The Hall–Kier alpha value is -1.94. The molecule has 1 saturated heterocycles. The fourth-order valence-corrected chi connectivity index (χ4v) is 4.78. The van der Waals surface area contributed by atoms with E-state index >= 15 is 0 Å². The molecule has 2 aromatic carbocycles. The molecule has 0 N–H and O–H groups in total. The van der Waals surface area contributed by atoms with E-state index in [1.54, 1.807) is 25.1 Å². The van der Waals surface area contributed by atoms with Crippen LogP contribution < -0.4 is 4.74 Å². The molecule has 162 valence electrons. The van der Waals surface area contributed by atoms with Crippen molar-refractivity contribution in [3.63, 3.8) is 0 Å². The van der Waals surface area contributed by atoms with Crippen molar-refractivity contribution in [2.24, 2.45) is 0 Å². The summed E-state index contributed by atoms with van der Waals surface area (Å²) in [5.74, 6) is -2.44. The molecule has 1 heterocycles. The van der Waals surface area contributed by atoms with Gasteiger partial charge in [0.25, 0.3) is 5.91 Å². The van der Waals surface area contributed by atoms with Gasteiger partial charge in [0, 0.05) is 26.2 Å². The van der Waals surface area contributed by atoms with E-state index in [9.17, 15) is 22.0 Å². The van der Waals surface area contributed by atoms with Crippen LogP contribution in [0.1, 0.15) is 6.92 Å². The van der Waals surface area contributed by atoms with Gasteiger partial charge in [-0.15, -0.1) is 0 Å². The molecule has 0 bridgehead atoms. The second kappa shape index (κ2) is 9.05. The topological polar surface area (TPSA) is 66.9 Å². The molecule has 0 spiro atoms. The van der Waals surface area contributed by atoms with Crippen LogP contribution in [0.3, 0.4) is 0 Å². The number of hydrogen-bond acceptors (Lipinski definition) is 4. The summed E-state index contributed by atoms with van der Waals surface area (Å²) in [6.45, 7) is 1.83. The summed E-state index contributed by atoms with van der Waals surface area (Å²) >= 11 is 12.0. The van der Waals surface area contributed by atoms with E-state index in [0.717, 1.165) is 16.4 Å². The lowest BCUT2D eigenvalue weighted by Gasteiger charge is -2.35.